The maximum Gasteiger partial charge on any atom is 0.307 e. The monoisotopic (exact) mass is 307 g/mol. The fourth-order valence-corrected chi connectivity index (χ4v) is 2.11. The van der Waals surface area contributed by atoms with Gasteiger partial charge in [0.2, 0.25) is 6.08 Å². The first kappa shape index (κ1) is 19.9. The first-order valence-corrected chi connectivity index (χ1v) is 6.97. The topological polar surface area (TPSA) is 98.4 Å². The zero-order valence-corrected chi connectivity index (χ0v) is 14.1. The lowest BCUT2D eigenvalue weighted by atomic mass is 9.78. The van der Waals surface area contributed by atoms with Gasteiger partial charge in [0.1, 0.15) is 5.75 Å². The largest absolute Gasteiger partial charge is 0.507 e. The molecule has 0 saturated heterocycles. The van der Waals surface area contributed by atoms with Crippen LogP contribution in [-0.2, 0) is 26.8 Å². The Balaban J connectivity index is 0.00000135. The molecule has 1 rings (SSSR count). The highest BCUT2D eigenvalue weighted by Gasteiger charge is 2.26. The molecule has 5 nitrogen and oxygen atoms in total. The molecule has 3 N–H and O–H groups in total. The number of hydrogen-bond acceptors (Lipinski definition) is 4. The molecule has 0 aliphatic carbocycles. The molecule has 0 saturated carbocycles. The zero-order chi connectivity index (χ0) is 17.7. The fraction of sp³-hybridized carbons (Fsp3) is 0.529. The van der Waals surface area contributed by atoms with Gasteiger partial charge < -0.3 is 10.2 Å². The van der Waals surface area contributed by atoms with Gasteiger partial charge in [-0.1, -0.05) is 53.7 Å². The van der Waals surface area contributed by atoms with Crippen molar-refractivity contribution in [2.24, 2.45) is 0 Å². The van der Waals surface area contributed by atoms with Gasteiger partial charge in [-0.2, -0.15) is 0 Å². The third-order valence-electron chi connectivity index (χ3n) is 3.14. The van der Waals surface area contributed by atoms with Crippen LogP contribution in [0.25, 0.3) is 0 Å². The van der Waals surface area contributed by atoms with E-state index in [4.69, 9.17) is 15.3 Å². The van der Waals surface area contributed by atoms with Crippen molar-refractivity contribution in [2.45, 2.75) is 58.8 Å². The van der Waals surface area contributed by atoms with Gasteiger partial charge in [0.15, 0.2) is 0 Å². The summed E-state index contributed by atoms with van der Waals surface area (Å²) in [5.74, 6) is -0.570. The number of phenolic OH excluding ortho intramolecular Hbond substituents is 1. The zero-order valence-electron chi connectivity index (χ0n) is 14.1. The Morgan fingerprint density at radius 3 is 1.64 bits per heavy atom. The number of phenols is 1. The van der Waals surface area contributed by atoms with E-state index < -0.39 is 5.97 Å². The van der Waals surface area contributed by atoms with Crippen molar-refractivity contribution in [3.05, 3.63) is 28.8 Å². The molecule has 1 aromatic carbocycles. The van der Waals surface area contributed by atoms with Crippen molar-refractivity contribution in [3.63, 3.8) is 0 Å². The summed E-state index contributed by atoms with van der Waals surface area (Å²) in [6.07, 6.45) is 0.729. The molecule has 0 radical (unpaired) electrons. The smallest absolute Gasteiger partial charge is 0.307 e. The summed E-state index contributed by atoms with van der Waals surface area (Å²) >= 11 is 0. The lowest BCUT2D eigenvalue weighted by molar-refractivity contribution is -0.136. The Kier molecular flexibility index (Phi) is 6.53. The van der Waals surface area contributed by atoms with E-state index in [0.717, 1.165) is 22.8 Å². The minimum absolute atomic E-state index is 0.0214. The van der Waals surface area contributed by atoms with E-state index in [-0.39, 0.29) is 23.0 Å². The van der Waals surface area contributed by atoms with E-state index in [1.807, 2.05) is 41.5 Å². The lowest BCUT2D eigenvalue weighted by Gasteiger charge is -2.28. The number of hydrogen-bond donors (Lipinski definition) is 3. The highest BCUT2D eigenvalue weighted by molar-refractivity contribution is 5.71. The van der Waals surface area contributed by atoms with E-state index in [1.54, 1.807) is 12.1 Å². The quantitative estimate of drug-likeness (QED) is 0.575. The Morgan fingerprint density at radius 2 is 1.41 bits per heavy atom. The molecular formula is C17H25NO4. The van der Waals surface area contributed by atoms with Crippen LogP contribution in [-0.4, -0.2) is 22.3 Å². The van der Waals surface area contributed by atoms with E-state index in [9.17, 15) is 9.90 Å². The minimum Gasteiger partial charge on any atom is -0.507 e. The summed E-state index contributed by atoms with van der Waals surface area (Å²) in [6, 6.07) is 3.61. The highest BCUT2D eigenvalue weighted by Crippen LogP contribution is 2.39. The van der Waals surface area contributed by atoms with Gasteiger partial charge in [-0.25, -0.2) is 10.2 Å². The summed E-state index contributed by atoms with van der Waals surface area (Å²) in [5, 5.41) is 24.8. The van der Waals surface area contributed by atoms with Crippen molar-refractivity contribution in [1.82, 2.24) is 0 Å². The van der Waals surface area contributed by atoms with Gasteiger partial charge in [0, 0.05) is 0 Å². The molecule has 0 spiro atoms. The SMILES string of the molecule is CC(C)(C)c1cc(CC(=O)O)cc(C(C)(C)C)c1O.N=C=O. The minimum atomic E-state index is -0.856. The van der Waals surface area contributed by atoms with Gasteiger partial charge >= 0.3 is 5.97 Å². The average Bonchev–Trinajstić information content (AvgIpc) is 2.28. The molecule has 0 amide bonds. The summed E-state index contributed by atoms with van der Waals surface area (Å²) < 4.78 is 0. The van der Waals surface area contributed by atoms with Crippen molar-refractivity contribution in [1.29, 1.82) is 5.41 Å². The maximum absolute atomic E-state index is 10.9. The molecule has 0 heterocycles. The third-order valence-corrected chi connectivity index (χ3v) is 3.14. The molecule has 0 atom stereocenters. The first-order valence-electron chi connectivity index (χ1n) is 6.97. The van der Waals surface area contributed by atoms with Crippen LogP contribution in [0.5, 0.6) is 5.75 Å². The summed E-state index contributed by atoms with van der Waals surface area (Å²) in [6.45, 7) is 12.1. The van der Waals surface area contributed by atoms with Gasteiger partial charge in [-0.05, 0) is 27.5 Å². The second-order valence-electron chi connectivity index (χ2n) is 7.21. The molecule has 0 aliphatic rings. The molecule has 1 aromatic rings. The van der Waals surface area contributed by atoms with Crippen LogP contribution in [0.4, 0.5) is 0 Å². The fourth-order valence-electron chi connectivity index (χ4n) is 2.11. The molecule has 122 valence electrons. The van der Waals surface area contributed by atoms with E-state index >= 15 is 0 Å². The van der Waals surface area contributed by atoms with E-state index in [2.05, 4.69) is 0 Å². The second-order valence-corrected chi connectivity index (χ2v) is 7.21. The first-order chi connectivity index (χ1) is 9.84. The number of nitrogens with one attached hydrogen (secondary N) is 1. The summed E-state index contributed by atoms with van der Waals surface area (Å²) in [7, 11) is 0. The molecule has 5 heteroatoms. The molecular weight excluding hydrogens is 282 g/mol. The van der Waals surface area contributed by atoms with Crippen LogP contribution in [0.1, 0.15) is 58.2 Å². The highest BCUT2D eigenvalue weighted by atomic mass is 16.4. The Labute approximate surface area is 131 Å². The van der Waals surface area contributed by atoms with Crippen LogP contribution < -0.4 is 0 Å². The normalized spacial score (nSPS) is 11.2. The standard InChI is InChI=1S/C16H24O3.CHNO/c1-15(2,3)11-7-10(9-13(17)18)8-12(14(11)19)16(4,5)6;2-1-3/h7-8,19H,9H2,1-6H3,(H,17,18);2H. The van der Waals surface area contributed by atoms with Crippen LogP contribution in [0.15, 0.2) is 12.1 Å². The van der Waals surface area contributed by atoms with E-state index in [0.29, 0.717) is 0 Å². The molecule has 0 aliphatic heterocycles. The van der Waals surface area contributed by atoms with Crippen LogP contribution in [0.3, 0.4) is 0 Å². The number of rotatable bonds is 2. The number of isocyanates is 1. The van der Waals surface area contributed by atoms with Gasteiger partial charge in [-0.15, -0.1) is 0 Å². The summed E-state index contributed by atoms with van der Waals surface area (Å²) in [5.41, 5.74) is 1.89. The molecule has 0 bridgehead atoms. The van der Waals surface area contributed by atoms with Crippen LogP contribution in [0.2, 0.25) is 0 Å². The number of carboxylic acid groups (broad SMARTS) is 1. The van der Waals surface area contributed by atoms with Gasteiger partial charge in [0.05, 0.1) is 6.42 Å². The van der Waals surface area contributed by atoms with Crippen molar-refractivity contribution in [2.75, 3.05) is 0 Å². The van der Waals surface area contributed by atoms with Crippen molar-refractivity contribution in [3.8, 4) is 5.75 Å². The number of carboxylic acids is 1. The number of carbonyl (C=O) groups excluding carboxylic acids is 1. The average molecular weight is 307 g/mol. The number of benzene rings is 1. The predicted molar refractivity (Wildman–Crippen MR) is 85.3 cm³/mol. The predicted octanol–water partition coefficient (Wildman–Crippen LogP) is 3.52. The molecule has 0 fully saturated rings. The third kappa shape index (κ3) is 5.70. The van der Waals surface area contributed by atoms with Gasteiger partial charge in [0.25, 0.3) is 0 Å². The second kappa shape index (κ2) is 7.23. The molecule has 0 aromatic heterocycles. The van der Waals surface area contributed by atoms with Gasteiger partial charge in [-0.3, -0.25) is 4.79 Å². The Hall–Kier alpha value is -2.13. The Bertz CT molecular complexity index is 536. The van der Waals surface area contributed by atoms with Crippen LogP contribution >= 0.6 is 0 Å². The Morgan fingerprint density at radius 1 is 1.09 bits per heavy atom. The number of carbonyl (C=O) groups is 1. The number of aromatic hydroxyl groups is 1. The van der Waals surface area contributed by atoms with Crippen molar-refractivity contribution < 1.29 is 19.8 Å². The van der Waals surface area contributed by atoms with E-state index in [1.165, 1.54) is 0 Å². The lowest BCUT2D eigenvalue weighted by Crippen LogP contribution is -2.18. The molecule has 0 unspecified atom stereocenters. The number of aliphatic carboxylic acids is 1. The summed E-state index contributed by atoms with van der Waals surface area (Å²) in [4.78, 5) is 19.3. The van der Waals surface area contributed by atoms with Crippen molar-refractivity contribution >= 4 is 12.0 Å². The maximum atomic E-state index is 10.9. The molecule has 22 heavy (non-hydrogen) atoms. The van der Waals surface area contributed by atoms with Crippen LogP contribution in [0, 0.1) is 5.41 Å².